The summed E-state index contributed by atoms with van der Waals surface area (Å²) in [5, 5.41) is 1.03. The van der Waals surface area contributed by atoms with Crippen molar-refractivity contribution < 1.29 is 9.15 Å². The number of fused-ring (bicyclic) bond motifs is 2. The predicted octanol–water partition coefficient (Wildman–Crippen LogP) is 5.03. The molecular formula is C23H25NO3. The van der Waals surface area contributed by atoms with Gasteiger partial charge in [-0.05, 0) is 56.0 Å². The first-order chi connectivity index (χ1) is 13.0. The Morgan fingerprint density at radius 2 is 1.93 bits per heavy atom. The Hall–Kier alpha value is -2.75. The van der Waals surface area contributed by atoms with Crippen LogP contribution in [0, 0.1) is 20.8 Å². The lowest BCUT2D eigenvalue weighted by atomic mass is 9.98. The van der Waals surface area contributed by atoms with E-state index in [4.69, 9.17) is 9.15 Å². The second-order valence-electron chi connectivity index (χ2n) is 7.47. The molecule has 0 aliphatic carbocycles. The van der Waals surface area contributed by atoms with Gasteiger partial charge in [-0.1, -0.05) is 25.5 Å². The SMILES string of the molecule is CCCc1cc(=O)oc2c(C)c3c(cc12)CN(c1cc(C)ccc1C)CO3. The van der Waals surface area contributed by atoms with Crippen molar-refractivity contribution in [1.82, 2.24) is 0 Å². The van der Waals surface area contributed by atoms with Gasteiger partial charge < -0.3 is 14.1 Å². The Balaban J connectivity index is 1.83. The van der Waals surface area contributed by atoms with Crippen molar-refractivity contribution in [2.75, 3.05) is 11.6 Å². The van der Waals surface area contributed by atoms with Gasteiger partial charge in [-0.2, -0.15) is 0 Å². The highest BCUT2D eigenvalue weighted by Crippen LogP contribution is 2.37. The van der Waals surface area contributed by atoms with Crippen molar-refractivity contribution in [3.63, 3.8) is 0 Å². The summed E-state index contributed by atoms with van der Waals surface area (Å²) >= 11 is 0. The fourth-order valence-corrected chi connectivity index (χ4v) is 3.97. The van der Waals surface area contributed by atoms with Gasteiger partial charge in [0.15, 0.2) is 6.73 Å². The normalized spacial score (nSPS) is 13.6. The molecule has 4 heteroatoms. The average molecular weight is 363 g/mol. The van der Waals surface area contributed by atoms with Crippen LogP contribution < -0.4 is 15.3 Å². The molecular weight excluding hydrogens is 338 g/mol. The van der Waals surface area contributed by atoms with E-state index in [1.54, 1.807) is 6.07 Å². The van der Waals surface area contributed by atoms with Gasteiger partial charge in [0, 0.05) is 34.8 Å². The lowest BCUT2D eigenvalue weighted by Crippen LogP contribution is -2.32. The molecule has 2 aromatic carbocycles. The molecule has 0 atom stereocenters. The molecule has 0 saturated heterocycles. The number of benzene rings is 2. The zero-order valence-electron chi connectivity index (χ0n) is 16.4. The minimum atomic E-state index is -0.290. The molecule has 1 aromatic heterocycles. The number of anilines is 1. The van der Waals surface area contributed by atoms with Crippen LogP contribution in [0.2, 0.25) is 0 Å². The summed E-state index contributed by atoms with van der Waals surface area (Å²) in [6.07, 6.45) is 1.85. The highest BCUT2D eigenvalue weighted by atomic mass is 16.5. The minimum absolute atomic E-state index is 0.290. The number of nitrogens with zero attached hydrogens (tertiary/aromatic N) is 1. The second kappa shape index (κ2) is 6.76. The first kappa shape index (κ1) is 17.7. The van der Waals surface area contributed by atoms with E-state index in [9.17, 15) is 4.79 Å². The number of hydrogen-bond donors (Lipinski definition) is 0. The zero-order valence-corrected chi connectivity index (χ0v) is 16.4. The van der Waals surface area contributed by atoms with Crippen LogP contribution in [0.15, 0.2) is 39.5 Å². The topological polar surface area (TPSA) is 42.7 Å². The third-order valence-electron chi connectivity index (χ3n) is 5.33. The molecule has 0 radical (unpaired) electrons. The third-order valence-corrected chi connectivity index (χ3v) is 5.33. The van der Waals surface area contributed by atoms with Gasteiger partial charge >= 0.3 is 5.63 Å². The van der Waals surface area contributed by atoms with E-state index in [0.29, 0.717) is 12.3 Å². The van der Waals surface area contributed by atoms with Crippen LogP contribution in [-0.4, -0.2) is 6.73 Å². The first-order valence-corrected chi connectivity index (χ1v) is 9.52. The summed E-state index contributed by atoms with van der Waals surface area (Å²) in [5.41, 5.74) is 7.15. The first-order valence-electron chi connectivity index (χ1n) is 9.52. The number of ether oxygens (including phenoxy) is 1. The van der Waals surface area contributed by atoms with E-state index in [1.165, 1.54) is 16.8 Å². The maximum atomic E-state index is 12.0. The van der Waals surface area contributed by atoms with Crippen molar-refractivity contribution in [1.29, 1.82) is 0 Å². The van der Waals surface area contributed by atoms with Crippen LogP contribution in [0.4, 0.5) is 5.69 Å². The molecule has 4 nitrogen and oxygen atoms in total. The highest BCUT2D eigenvalue weighted by Gasteiger charge is 2.24. The van der Waals surface area contributed by atoms with Crippen molar-refractivity contribution in [2.45, 2.75) is 47.1 Å². The van der Waals surface area contributed by atoms with E-state index in [0.717, 1.165) is 47.2 Å². The summed E-state index contributed by atoms with van der Waals surface area (Å²) in [6.45, 7) is 9.61. The summed E-state index contributed by atoms with van der Waals surface area (Å²) in [6, 6.07) is 10.3. The molecule has 0 spiro atoms. The number of hydrogen-bond acceptors (Lipinski definition) is 4. The molecule has 1 aliphatic rings. The third kappa shape index (κ3) is 3.09. The van der Waals surface area contributed by atoms with Crippen molar-refractivity contribution in [3.8, 4) is 5.75 Å². The summed E-state index contributed by atoms with van der Waals surface area (Å²) in [5.74, 6) is 0.848. The lowest BCUT2D eigenvalue weighted by Gasteiger charge is -2.33. The van der Waals surface area contributed by atoms with Gasteiger partial charge in [-0.3, -0.25) is 0 Å². The molecule has 0 saturated carbocycles. The smallest absolute Gasteiger partial charge is 0.336 e. The van der Waals surface area contributed by atoms with Crippen molar-refractivity contribution >= 4 is 16.7 Å². The van der Waals surface area contributed by atoms with E-state index in [2.05, 4.69) is 49.9 Å². The molecule has 0 bridgehead atoms. The van der Waals surface area contributed by atoms with E-state index >= 15 is 0 Å². The highest BCUT2D eigenvalue weighted by molar-refractivity contribution is 5.86. The van der Waals surface area contributed by atoms with Gasteiger partial charge in [-0.15, -0.1) is 0 Å². The predicted molar refractivity (Wildman–Crippen MR) is 109 cm³/mol. The molecule has 3 aromatic rings. The van der Waals surface area contributed by atoms with E-state index in [-0.39, 0.29) is 5.63 Å². The van der Waals surface area contributed by atoms with Gasteiger partial charge in [0.2, 0.25) is 0 Å². The molecule has 140 valence electrons. The van der Waals surface area contributed by atoms with Gasteiger partial charge in [0.1, 0.15) is 11.3 Å². The van der Waals surface area contributed by atoms with Gasteiger partial charge in [-0.25, -0.2) is 4.79 Å². The molecule has 2 heterocycles. The van der Waals surface area contributed by atoms with E-state index < -0.39 is 0 Å². The van der Waals surface area contributed by atoms with Crippen LogP contribution in [0.5, 0.6) is 5.75 Å². The number of rotatable bonds is 3. The molecule has 0 N–H and O–H groups in total. The van der Waals surface area contributed by atoms with Crippen LogP contribution in [0.1, 0.15) is 41.2 Å². The maximum Gasteiger partial charge on any atom is 0.336 e. The summed E-state index contributed by atoms with van der Waals surface area (Å²) in [7, 11) is 0. The molecule has 27 heavy (non-hydrogen) atoms. The Kier molecular flexibility index (Phi) is 4.42. The molecule has 0 unspecified atom stereocenters. The molecule has 0 amide bonds. The summed E-state index contributed by atoms with van der Waals surface area (Å²) < 4.78 is 11.7. The average Bonchev–Trinajstić information content (AvgIpc) is 2.65. The fourth-order valence-electron chi connectivity index (χ4n) is 3.97. The number of aryl methyl sites for hydroxylation is 4. The van der Waals surface area contributed by atoms with Crippen molar-refractivity contribution in [2.24, 2.45) is 0 Å². The van der Waals surface area contributed by atoms with Gasteiger partial charge in [0.25, 0.3) is 0 Å². The largest absolute Gasteiger partial charge is 0.472 e. The van der Waals surface area contributed by atoms with E-state index in [1.807, 2.05) is 6.92 Å². The monoisotopic (exact) mass is 363 g/mol. The standard InChI is InChI=1S/C23H25NO3/c1-5-6-17-11-21(25)27-23-16(4)22-18(10-19(17)23)12-24(13-26-22)20-9-14(2)7-8-15(20)3/h7-11H,5-6,12-13H2,1-4H3. The quantitative estimate of drug-likeness (QED) is 0.612. The zero-order chi connectivity index (χ0) is 19.1. The Morgan fingerprint density at radius 1 is 1.11 bits per heavy atom. The van der Waals surface area contributed by atoms with Crippen LogP contribution in [0.25, 0.3) is 11.0 Å². The Labute approximate surface area is 159 Å². The Morgan fingerprint density at radius 3 is 2.70 bits per heavy atom. The Bertz CT molecular complexity index is 1080. The maximum absolute atomic E-state index is 12.0. The van der Waals surface area contributed by atoms with Crippen LogP contribution in [0.3, 0.4) is 0 Å². The second-order valence-corrected chi connectivity index (χ2v) is 7.47. The molecule has 1 aliphatic heterocycles. The minimum Gasteiger partial charge on any atom is -0.472 e. The fraction of sp³-hybridized carbons (Fsp3) is 0.348. The summed E-state index contributed by atoms with van der Waals surface area (Å²) in [4.78, 5) is 14.2. The van der Waals surface area contributed by atoms with Crippen molar-refractivity contribution in [3.05, 3.63) is 68.6 Å². The van der Waals surface area contributed by atoms with Crippen LogP contribution >= 0.6 is 0 Å². The van der Waals surface area contributed by atoms with Crippen LogP contribution in [-0.2, 0) is 13.0 Å². The molecule has 0 fully saturated rings. The van der Waals surface area contributed by atoms with Gasteiger partial charge in [0.05, 0.1) is 0 Å². The lowest BCUT2D eigenvalue weighted by molar-refractivity contribution is 0.287. The molecule has 4 rings (SSSR count).